The second-order valence-corrected chi connectivity index (χ2v) is 4.10. The van der Waals surface area contributed by atoms with E-state index in [0.717, 1.165) is 0 Å². The Morgan fingerprint density at radius 2 is 1.94 bits per heavy atom. The van der Waals surface area contributed by atoms with Crippen LogP contribution in [0.25, 0.3) is 0 Å². The van der Waals surface area contributed by atoms with Crippen LogP contribution < -0.4 is 11.5 Å². The predicted octanol–water partition coefficient (Wildman–Crippen LogP) is 1.38. The van der Waals surface area contributed by atoms with Gasteiger partial charge in [0.2, 0.25) is 5.91 Å². The Kier molecular flexibility index (Phi) is 4.29. The lowest BCUT2D eigenvalue weighted by molar-refractivity contribution is -0.119. The van der Waals surface area contributed by atoms with E-state index in [0.29, 0.717) is 5.02 Å². The fourth-order valence-corrected chi connectivity index (χ4v) is 1.64. The maximum atomic E-state index is 11.7. The Balaban J connectivity index is 2.85. The fourth-order valence-electron chi connectivity index (χ4n) is 1.13. The number of amides is 1. The minimum Gasteiger partial charge on any atom is -0.368 e. The van der Waals surface area contributed by atoms with Crippen molar-refractivity contribution < 1.29 is 9.59 Å². The highest BCUT2D eigenvalue weighted by molar-refractivity contribution is 6.36. The first-order valence-electron chi connectivity index (χ1n) is 4.45. The van der Waals surface area contributed by atoms with E-state index in [4.69, 9.17) is 34.7 Å². The average Bonchev–Trinajstić information content (AvgIpc) is 2.16. The smallest absolute Gasteiger partial charge is 0.234 e. The van der Waals surface area contributed by atoms with Gasteiger partial charge < -0.3 is 11.5 Å². The first kappa shape index (κ1) is 13.0. The third kappa shape index (κ3) is 3.20. The highest BCUT2D eigenvalue weighted by Crippen LogP contribution is 2.22. The van der Waals surface area contributed by atoms with Gasteiger partial charge in [0, 0.05) is 17.0 Å². The van der Waals surface area contributed by atoms with Crippen LogP contribution in [-0.2, 0) is 4.79 Å². The molecule has 0 bridgehead atoms. The summed E-state index contributed by atoms with van der Waals surface area (Å²) in [5, 5.41) is 0.662. The quantitative estimate of drug-likeness (QED) is 0.802. The number of ketones is 1. The number of rotatable bonds is 4. The molecule has 4 nitrogen and oxygen atoms in total. The minimum absolute atomic E-state index is 0.170. The normalized spacial score (nSPS) is 12.2. The average molecular weight is 261 g/mol. The van der Waals surface area contributed by atoms with Gasteiger partial charge >= 0.3 is 0 Å². The van der Waals surface area contributed by atoms with Crippen molar-refractivity contribution in [3.8, 4) is 0 Å². The second kappa shape index (κ2) is 5.30. The molecule has 0 spiro atoms. The van der Waals surface area contributed by atoms with E-state index < -0.39 is 11.9 Å². The van der Waals surface area contributed by atoms with Crippen LogP contribution in [0, 0.1) is 0 Å². The summed E-state index contributed by atoms with van der Waals surface area (Å²) >= 11 is 11.5. The largest absolute Gasteiger partial charge is 0.368 e. The lowest BCUT2D eigenvalue weighted by Crippen LogP contribution is -2.38. The number of carbonyl (C=O) groups excluding carboxylic acids is 2. The van der Waals surface area contributed by atoms with Crippen molar-refractivity contribution in [1.82, 2.24) is 0 Å². The second-order valence-electron chi connectivity index (χ2n) is 3.26. The van der Waals surface area contributed by atoms with Gasteiger partial charge in [-0.2, -0.15) is 0 Å². The maximum Gasteiger partial charge on any atom is 0.234 e. The van der Waals surface area contributed by atoms with Gasteiger partial charge in [0.25, 0.3) is 0 Å². The molecular formula is C10H10Cl2N2O2. The van der Waals surface area contributed by atoms with Crippen LogP contribution in [-0.4, -0.2) is 17.7 Å². The molecule has 6 heteroatoms. The van der Waals surface area contributed by atoms with E-state index >= 15 is 0 Å². The molecule has 0 aliphatic carbocycles. The third-order valence-electron chi connectivity index (χ3n) is 2.00. The van der Waals surface area contributed by atoms with Crippen LogP contribution in [0.1, 0.15) is 16.8 Å². The topological polar surface area (TPSA) is 86.2 Å². The molecule has 0 radical (unpaired) electrons. The van der Waals surface area contributed by atoms with Crippen molar-refractivity contribution in [2.24, 2.45) is 11.5 Å². The van der Waals surface area contributed by atoms with E-state index in [1.165, 1.54) is 18.2 Å². The number of carbonyl (C=O) groups is 2. The monoisotopic (exact) mass is 260 g/mol. The number of Topliss-reactive ketones (excluding diaryl/α,β-unsaturated/α-hetero) is 1. The Morgan fingerprint density at radius 1 is 1.31 bits per heavy atom. The Morgan fingerprint density at radius 3 is 2.44 bits per heavy atom. The van der Waals surface area contributed by atoms with Gasteiger partial charge in [-0.3, -0.25) is 9.59 Å². The zero-order valence-electron chi connectivity index (χ0n) is 8.24. The van der Waals surface area contributed by atoms with Gasteiger partial charge in [0.1, 0.15) is 0 Å². The maximum absolute atomic E-state index is 11.7. The molecule has 16 heavy (non-hydrogen) atoms. The molecule has 1 amide bonds. The Bertz CT molecular complexity index is 435. The standard InChI is InChI=1S/C10H10Cl2N2O2/c11-5-1-2-6(7(12)3-5)9(15)4-8(13)10(14)16/h1-3,8H,4,13H2,(H2,14,16). The number of nitrogens with two attached hydrogens (primary N) is 2. The summed E-state index contributed by atoms with van der Waals surface area (Å²) in [6.45, 7) is 0. The Labute approximate surface area is 103 Å². The molecule has 1 unspecified atom stereocenters. The number of primary amides is 1. The SMILES string of the molecule is NC(=O)C(N)CC(=O)c1ccc(Cl)cc1Cl. The van der Waals surface area contributed by atoms with E-state index in [-0.39, 0.29) is 22.8 Å². The summed E-state index contributed by atoms with van der Waals surface area (Å²) in [5.74, 6) is -1.06. The summed E-state index contributed by atoms with van der Waals surface area (Å²) in [7, 11) is 0. The molecule has 4 N–H and O–H groups in total. The first-order valence-corrected chi connectivity index (χ1v) is 5.20. The molecule has 86 valence electrons. The molecule has 0 aromatic heterocycles. The van der Waals surface area contributed by atoms with Gasteiger partial charge in [0.15, 0.2) is 5.78 Å². The molecule has 1 aromatic carbocycles. The molecule has 1 rings (SSSR count). The van der Waals surface area contributed by atoms with Crippen molar-refractivity contribution in [2.75, 3.05) is 0 Å². The van der Waals surface area contributed by atoms with Crippen LogP contribution in [0.2, 0.25) is 10.0 Å². The molecule has 0 saturated heterocycles. The number of hydrogen-bond acceptors (Lipinski definition) is 3. The van der Waals surface area contributed by atoms with Crippen molar-refractivity contribution >= 4 is 34.9 Å². The van der Waals surface area contributed by atoms with E-state index in [1.807, 2.05) is 0 Å². The summed E-state index contributed by atoms with van der Waals surface area (Å²) < 4.78 is 0. The van der Waals surface area contributed by atoms with Crippen LogP contribution >= 0.6 is 23.2 Å². The summed E-state index contributed by atoms with van der Waals surface area (Å²) in [5.41, 5.74) is 10.6. The minimum atomic E-state index is -1.00. The Hall–Kier alpha value is -1.10. The van der Waals surface area contributed by atoms with Crippen molar-refractivity contribution in [3.63, 3.8) is 0 Å². The van der Waals surface area contributed by atoms with Crippen LogP contribution in [0.5, 0.6) is 0 Å². The van der Waals surface area contributed by atoms with Gasteiger partial charge in [-0.25, -0.2) is 0 Å². The number of hydrogen-bond donors (Lipinski definition) is 2. The van der Waals surface area contributed by atoms with Crippen LogP contribution in [0.15, 0.2) is 18.2 Å². The molecule has 0 heterocycles. The van der Waals surface area contributed by atoms with Gasteiger partial charge in [-0.15, -0.1) is 0 Å². The fraction of sp³-hybridized carbons (Fsp3) is 0.200. The number of benzene rings is 1. The highest BCUT2D eigenvalue weighted by atomic mass is 35.5. The zero-order chi connectivity index (χ0) is 12.3. The van der Waals surface area contributed by atoms with Crippen LogP contribution in [0.3, 0.4) is 0 Å². The first-order chi connectivity index (χ1) is 7.41. The van der Waals surface area contributed by atoms with Gasteiger partial charge in [-0.1, -0.05) is 23.2 Å². The van der Waals surface area contributed by atoms with E-state index in [9.17, 15) is 9.59 Å². The van der Waals surface area contributed by atoms with E-state index in [2.05, 4.69) is 0 Å². The van der Waals surface area contributed by atoms with Crippen molar-refractivity contribution in [3.05, 3.63) is 33.8 Å². The molecular weight excluding hydrogens is 251 g/mol. The molecule has 0 fully saturated rings. The lowest BCUT2D eigenvalue weighted by atomic mass is 10.0. The van der Waals surface area contributed by atoms with Crippen molar-refractivity contribution in [2.45, 2.75) is 12.5 Å². The molecule has 1 aromatic rings. The lowest BCUT2D eigenvalue weighted by Gasteiger charge is -2.07. The number of halogens is 2. The zero-order valence-corrected chi connectivity index (χ0v) is 9.76. The summed E-state index contributed by atoms with van der Waals surface area (Å²) in [6, 6.07) is 3.47. The van der Waals surface area contributed by atoms with E-state index in [1.54, 1.807) is 0 Å². The molecule has 1 atom stereocenters. The molecule has 0 aliphatic heterocycles. The third-order valence-corrected chi connectivity index (χ3v) is 2.55. The summed E-state index contributed by atoms with van der Waals surface area (Å²) in [6.07, 6.45) is -0.170. The molecule has 0 aliphatic rings. The van der Waals surface area contributed by atoms with Gasteiger partial charge in [-0.05, 0) is 18.2 Å². The van der Waals surface area contributed by atoms with Crippen molar-refractivity contribution in [1.29, 1.82) is 0 Å². The van der Waals surface area contributed by atoms with Crippen LogP contribution in [0.4, 0.5) is 0 Å². The molecule has 0 saturated carbocycles. The summed E-state index contributed by atoms with van der Waals surface area (Å²) in [4.78, 5) is 22.4. The predicted molar refractivity (Wildman–Crippen MR) is 62.6 cm³/mol. The van der Waals surface area contributed by atoms with Gasteiger partial charge in [0.05, 0.1) is 11.1 Å². The highest BCUT2D eigenvalue weighted by Gasteiger charge is 2.17.